The molecule has 0 bridgehead atoms. The van der Waals surface area contributed by atoms with Gasteiger partial charge in [-0.05, 0) is 5.92 Å². The first-order chi connectivity index (χ1) is 7.45. The second-order valence-electron chi connectivity index (χ2n) is 4.48. The molecule has 1 saturated heterocycles. The summed E-state index contributed by atoms with van der Waals surface area (Å²) in [6.07, 6.45) is 0.410. The van der Waals surface area contributed by atoms with Crippen molar-refractivity contribution in [2.75, 3.05) is 13.2 Å². The molecule has 0 aliphatic carbocycles. The summed E-state index contributed by atoms with van der Waals surface area (Å²) < 4.78 is 0. The molecular weight excluding hydrogens is 226 g/mol. The van der Waals surface area contributed by atoms with Gasteiger partial charge in [-0.3, -0.25) is 9.59 Å². The Bertz CT molecular complexity index is 280. The second-order valence-corrected chi connectivity index (χ2v) is 5.95. The molecular formula is C11H19NO3S. The Morgan fingerprint density at radius 1 is 1.62 bits per heavy atom. The molecule has 0 radical (unpaired) electrons. The first-order valence-corrected chi connectivity index (χ1v) is 6.41. The van der Waals surface area contributed by atoms with Crippen molar-refractivity contribution in [2.45, 2.75) is 38.5 Å². The van der Waals surface area contributed by atoms with Gasteiger partial charge in [-0.2, -0.15) is 0 Å². The minimum absolute atomic E-state index is 0.0130. The van der Waals surface area contributed by atoms with E-state index in [9.17, 15) is 14.7 Å². The van der Waals surface area contributed by atoms with Crippen molar-refractivity contribution in [1.29, 1.82) is 0 Å². The highest BCUT2D eigenvalue weighted by Gasteiger charge is 2.36. The molecule has 16 heavy (non-hydrogen) atoms. The van der Waals surface area contributed by atoms with Crippen molar-refractivity contribution in [3.8, 4) is 0 Å². The molecule has 0 aromatic rings. The fourth-order valence-corrected chi connectivity index (χ4v) is 2.93. The minimum Gasteiger partial charge on any atom is -0.394 e. The highest BCUT2D eigenvalue weighted by molar-refractivity contribution is 8.14. The molecule has 1 N–H and O–H groups in total. The molecule has 1 aliphatic rings. The fraction of sp³-hybridized carbons (Fsp3) is 0.818. The summed E-state index contributed by atoms with van der Waals surface area (Å²) in [6.45, 7) is 6.05. The monoisotopic (exact) mass is 245 g/mol. The first-order valence-electron chi connectivity index (χ1n) is 5.53. The molecule has 1 heterocycles. The number of rotatable bonds is 4. The zero-order valence-electron chi connectivity index (χ0n) is 9.97. The van der Waals surface area contributed by atoms with Crippen LogP contribution in [0.4, 0.5) is 0 Å². The van der Waals surface area contributed by atoms with Crippen molar-refractivity contribution in [3.05, 3.63) is 0 Å². The lowest BCUT2D eigenvalue weighted by Crippen LogP contribution is -2.42. The Hall–Kier alpha value is -0.550. The van der Waals surface area contributed by atoms with E-state index in [1.165, 1.54) is 18.7 Å². The van der Waals surface area contributed by atoms with Crippen LogP contribution in [0.15, 0.2) is 0 Å². The van der Waals surface area contributed by atoms with Crippen LogP contribution < -0.4 is 0 Å². The molecule has 0 aromatic carbocycles. The number of amides is 1. The molecule has 1 aliphatic heterocycles. The minimum atomic E-state index is -0.120. The van der Waals surface area contributed by atoms with Gasteiger partial charge in [0.25, 0.3) is 0 Å². The van der Waals surface area contributed by atoms with E-state index in [4.69, 9.17) is 0 Å². The van der Waals surface area contributed by atoms with E-state index in [1.54, 1.807) is 4.90 Å². The fourth-order valence-electron chi connectivity index (χ4n) is 2.00. The van der Waals surface area contributed by atoms with Gasteiger partial charge in [-0.25, -0.2) is 0 Å². The predicted molar refractivity (Wildman–Crippen MR) is 64.1 cm³/mol. The molecule has 1 amide bonds. The Balaban J connectivity index is 2.62. The average molecular weight is 245 g/mol. The molecule has 5 heteroatoms. The lowest BCUT2D eigenvalue weighted by Gasteiger charge is -2.29. The van der Waals surface area contributed by atoms with Crippen LogP contribution in [0, 0.1) is 5.92 Å². The summed E-state index contributed by atoms with van der Waals surface area (Å²) in [5, 5.41) is 9.37. The molecule has 2 atom stereocenters. The van der Waals surface area contributed by atoms with Gasteiger partial charge in [0.05, 0.1) is 12.6 Å². The third-order valence-electron chi connectivity index (χ3n) is 2.81. The summed E-state index contributed by atoms with van der Waals surface area (Å²) in [5.41, 5.74) is 0. The summed E-state index contributed by atoms with van der Waals surface area (Å²) in [7, 11) is 0. The van der Waals surface area contributed by atoms with Crippen molar-refractivity contribution in [2.24, 2.45) is 5.92 Å². The van der Waals surface area contributed by atoms with Gasteiger partial charge in [0.15, 0.2) is 5.12 Å². The number of likely N-dealkylation sites (tertiary alicyclic amines) is 1. The molecule has 1 rings (SSSR count). The van der Waals surface area contributed by atoms with Crippen LogP contribution in [0.3, 0.4) is 0 Å². The van der Waals surface area contributed by atoms with E-state index in [2.05, 4.69) is 0 Å². The maximum Gasteiger partial charge on any atom is 0.224 e. The molecule has 1 fully saturated rings. The highest BCUT2D eigenvalue weighted by atomic mass is 32.2. The average Bonchev–Trinajstić information content (AvgIpc) is 2.46. The normalized spacial score (nSPS) is 22.9. The smallest absolute Gasteiger partial charge is 0.224 e. The predicted octanol–water partition coefficient (Wildman–Crippen LogP) is 0.884. The van der Waals surface area contributed by atoms with E-state index in [-0.39, 0.29) is 34.8 Å². The van der Waals surface area contributed by atoms with Gasteiger partial charge >= 0.3 is 0 Å². The van der Waals surface area contributed by atoms with Gasteiger partial charge in [0, 0.05) is 25.1 Å². The zero-order chi connectivity index (χ0) is 12.3. The first kappa shape index (κ1) is 13.5. The number of nitrogens with zero attached hydrogens (tertiary/aromatic N) is 1. The number of thioether (sulfide) groups is 1. The van der Waals surface area contributed by atoms with Crippen molar-refractivity contribution >= 4 is 22.8 Å². The van der Waals surface area contributed by atoms with E-state index < -0.39 is 0 Å². The van der Waals surface area contributed by atoms with E-state index in [0.717, 1.165) is 0 Å². The summed E-state index contributed by atoms with van der Waals surface area (Å²) >= 11 is 1.23. The number of aliphatic hydroxyl groups excluding tert-OH is 1. The maximum atomic E-state index is 11.8. The van der Waals surface area contributed by atoms with Crippen LogP contribution in [0.5, 0.6) is 0 Å². The van der Waals surface area contributed by atoms with Crippen LogP contribution in [-0.2, 0) is 9.59 Å². The topological polar surface area (TPSA) is 57.6 Å². The largest absolute Gasteiger partial charge is 0.394 e. The molecule has 4 nitrogen and oxygen atoms in total. The number of carbonyl (C=O) groups excluding carboxylic acids is 2. The van der Waals surface area contributed by atoms with Crippen molar-refractivity contribution < 1.29 is 14.7 Å². The van der Waals surface area contributed by atoms with Crippen LogP contribution in [0.1, 0.15) is 27.2 Å². The summed E-state index contributed by atoms with van der Waals surface area (Å²) in [4.78, 5) is 24.4. The third kappa shape index (κ3) is 3.22. The van der Waals surface area contributed by atoms with E-state index in [1.807, 2.05) is 13.8 Å². The van der Waals surface area contributed by atoms with Crippen LogP contribution in [-0.4, -0.2) is 45.5 Å². The number of hydrogen-bond donors (Lipinski definition) is 1. The third-order valence-corrected chi connectivity index (χ3v) is 3.79. The summed E-state index contributed by atoms with van der Waals surface area (Å²) in [5.74, 6) is 0.279. The quantitative estimate of drug-likeness (QED) is 0.799. The number of aliphatic hydroxyl groups is 1. The lowest BCUT2D eigenvalue weighted by molar-refractivity contribution is -0.131. The van der Waals surface area contributed by atoms with Crippen LogP contribution in [0.2, 0.25) is 0 Å². The highest BCUT2D eigenvalue weighted by Crippen LogP contribution is 2.27. The van der Waals surface area contributed by atoms with Gasteiger partial charge in [-0.15, -0.1) is 0 Å². The Morgan fingerprint density at radius 3 is 2.69 bits per heavy atom. The Labute approximate surface area is 100 Å². The molecule has 0 aromatic heterocycles. The molecule has 0 saturated carbocycles. The van der Waals surface area contributed by atoms with Crippen molar-refractivity contribution in [1.82, 2.24) is 4.90 Å². The Morgan fingerprint density at radius 2 is 2.25 bits per heavy atom. The summed E-state index contributed by atoms with van der Waals surface area (Å²) in [6, 6.07) is -0.120. The van der Waals surface area contributed by atoms with Gasteiger partial charge < -0.3 is 10.0 Å². The maximum absolute atomic E-state index is 11.8. The van der Waals surface area contributed by atoms with Crippen LogP contribution >= 0.6 is 11.8 Å². The van der Waals surface area contributed by atoms with Gasteiger partial charge in [0.2, 0.25) is 5.91 Å². The lowest BCUT2D eigenvalue weighted by atomic mass is 10.0. The Kier molecular flexibility index (Phi) is 4.80. The van der Waals surface area contributed by atoms with Gasteiger partial charge in [0.1, 0.15) is 0 Å². The van der Waals surface area contributed by atoms with E-state index in [0.29, 0.717) is 13.0 Å². The SMILES string of the molecule is CC(=O)SC1CC(=O)N([C@H](CO)C(C)C)C1. The van der Waals surface area contributed by atoms with Gasteiger partial charge in [-0.1, -0.05) is 25.6 Å². The zero-order valence-corrected chi connectivity index (χ0v) is 10.8. The number of carbonyl (C=O) groups is 2. The standard InChI is InChI=1S/C11H19NO3S/c1-7(2)10(6-13)12-5-9(4-11(12)15)16-8(3)14/h7,9-10,13H,4-6H2,1-3H3/t9?,10-/m1/s1. The van der Waals surface area contributed by atoms with Crippen LogP contribution in [0.25, 0.3) is 0 Å². The molecule has 0 spiro atoms. The number of hydrogen-bond acceptors (Lipinski definition) is 4. The van der Waals surface area contributed by atoms with Crippen molar-refractivity contribution in [3.63, 3.8) is 0 Å². The molecule has 1 unspecified atom stereocenters. The van der Waals surface area contributed by atoms with E-state index >= 15 is 0 Å². The molecule has 92 valence electrons. The second kappa shape index (κ2) is 5.68.